The molecule has 0 aliphatic carbocycles. The second-order valence-electron chi connectivity index (χ2n) is 3.60. The summed E-state index contributed by atoms with van der Waals surface area (Å²) in [6.45, 7) is 6.12. The van der Waals surface area contributed by atoms with Crippen LogP contribution in [0.2, 0.25) is 0 Å². The summed E-state index contributed by atoms with van der Waals surface area (Å²) in [5, 5.41) is 6.75. The van der Waals surface area contributed by atoms with Crippen LogP contribution in [0.15, 0.2) is 5.10 Å². The van der Waals surface area contributed by atoms with Crippen molar-refractivity contribution in [2.75, 3.05) is 20.3 Å². The molecule has 1 fully saturated rings. The second kappa shape index (κ2) is 5.22. The molecule has 0 unspecified atom stereocenters. The van der Waals surface area contributed by atoms with Crippen LogP contribution in [0.3, 0.4) is 0 Å². The predicted octanol–water partition coefficient (Wildman–Crippen LogP) is 1.88. The van der Waals surface area contributed by atoms with E-state index in [4.69, 9.17) is 4.74 Å². The Kier molecular flexibility index (Phi) is 4.22. The number of ether oxygens (including phenoxy) is 1. The Hall–Kier alpha value is -0.570. The van der Waals surface area contributed by atoms with Gasteiger partial charge in [-0.2, -0.15) is 5.10 Å². The van der Waals surface area contributed by atoms with Gasteiger partial charge in [-0.1, -0.05) is 6.92 Å². The van der Waals surface area contributed by atoms with Crippen molar-refractivity contribution in [3.05, 3.63) is 0 Å². The van der Waals surface area contributed by atoms with Crippen LogP contribution in [0.4, 0.5) is 0 Å². The maximum atomic E-state index is 5.16. The number of methoxy groups -OCH3 is 1. The first kappa shape index (κ1) is 10.5. The van der Waals surface area contributed by atoms with E-state index in [1.807, 2.05) is 0 Å². The van der Waals surface area contributed by atoms with Gasteiger partial charge in [0.25, 0.3) is 0 Å². The average Bonchev–Trinajstić information content (AvgIpc) is 2.54. The van der Waals surface area contributed by atoms with Gasteiger partial charge >= 0.3 is 0 Å². The minimum atomic E-state index is 0.506. The SMILES string of the molecule is CCC(C)=NN1CCC[C@H]1COC. The highest BCUT2D eigenvalue weighted by Gasteiger charge is 2.22. The fourth-order valence-electron chi connectivity index (χ4n) is 1.60. The van der Waals surface area contributed by atoms with Crippen molar-refractivity contribution in [3.8, 4) is 0 Å². The summed E-state index contributed by atoms with van der Waals surface area (Å²) in [5.41, 5.74) is 1.21. The molecule has 0 radical (unpaired) electrons. The van der Waals surface area contributed by atoms with Crippen molar-refractivity contribution in [1.82, 2.24) is 5.01 Å². The van der Waals surface area contributed by atoms with Gasteiger partial charge in [0.15, 0.2) is 0 Å². The van der Waals surface area contributed by atoms with Crippen LogP contribution >= 0.6 is 0 Å². The van der Waals surface area contributed by atoms with Gasteiger partial charge in [0.2, 0.25) is 0 Å². The van der Waals surface area contributed by atoms with Crippen LogP contribution in [0, 0.1) is 0 Å². The predicted molar refractivity (Wildman–Crippen MR) is 55.0 cm³/mol. The number of hydrogen-bond acceptors (Lipinski definition) is 3. The highest BCUT2D eigenvalue weighted by atomic mass is 16.5. The van der Waals surface area contributed by atoms with Gasteiger partial charge in [-0.3, -0.25) is 5.01 Å². The Morgan fingerprint density at radius 1 is 1.62 bits per heavy atom. The Morgan fingerprint density at radius 3 is 3.00 bits per heavy atom. The molecular weight excluding hydrogens is 164 g/mol. The van der Waals surface area contributed by atoms with Gasteiger partial charge in [0.1, 0.15) is 0 Å². The van der Waals surface area contributed by atoms with Crippen LogP contribution in [-0.2, 0) is 4.74 Å². The molecule has 1 heterocycles. The van der Waals surface area contributed by atoms with Crippen molar-refractivity contribution < 1.29 is 4.74 Å². The summed E-state index contributed by atoms with van der Waals surface area (Å²) in [4.78, 5) is 0. The van der Waals surface area contributed by atoms with E-state index >= 15 is 0 Å². The van der Waals surface area contributed by atoms with Gasteiger partial charge in [0, 0.05) is 19.4 Å². The molecule has 1 atom stereocenters. The monoisotopic (exact) mass is 184 g/mol. The zero-order valence-electron chi connectivity index (χ0n) is 8.92. The Morgan fingerprint density at radius 2 is 2.38 bits per heavy atom. The zero-order chi connectivity index (χ0) is 9.68. The normalized spacial score (nSPS) is 24.1. The summed E-state index contributed by atoms with van der Waals surface area (Å²) < 4.78 is 5.16. The van der Waals surface area contributed by atoms with E-state index in [0.717, 1.165) is 19.6 Å². The zero-order valence-corrected chi connectivity index (χ0v) is 8.92. The highest BCUT2D eigenvalue weighted by molar-refractivity contribution is 5.81. The lowest BCUT2D eigenvalue weighted by atomic mass is 10.2. The number of nitrogens with zero attached hydrogens (tertiary/aromatic N) is 2. The number of rotatable bonds is 4. The molecule has 0 amide bonds. The van der Waals surface area contributed by atoms with E-state index < -0.39 is 0 Å². The third kappa shape index (κ3) is 2.99. The lowest BCUT2D eigenvalue weighted by Crippen LogP contribution is -2.29. The second-order valence-corrected chi connectivity index (χ2v) is 3.60. The van der Waals surface area contributed by atoms with Crippen LogP contribution in [0.25, 0.3) is 0 Å². The van der Waals surface area contributed by atoms with Gasteiger partial charge < -0.3 is 4.74 Å². The first-order valence-corrected chi connectivity index (χ1v) is 5.07. The van der Waals surface area contributed by atoms with Crippen molar-refractivity contribution >= 4 is 5.71 Å². The van der Waals surface area contributed by atoms with E-state index in [2.05, 4.69) is 24.0 Å². The molecule has 76 valence electrons. The topological polar surface area (TPSA) is 24.8 Å². The summed E-state index contributed by atoms with van der Waals surface area (Å²) >= 11 is 0. The first-order chi connectivity index (χ1) is 6.27. The number of hydrazone groups is 1. The minimum Gasteiger partial charge on any atom is -0.382 e. The van der Waals surface area contributed by atoms with Crippen molar-refractivity contribution in [2.24, 2.45) is 5.10 Å². The van der Waals surface area contributed by atoms with Crippen LogP contribution in [0.5, 0.6) is 0 Å². The average molecular weight is 184 g/mol. The van der Waals surface area contributed by atoms with E-state index in [1.165, 1.54) is 18.6 Å². The highest BCUT2D eigenvalue weighted by Crippen LogP contribution is 2.17. The smallest absolute Gasteiger partial charge is 0.0704 e. The van der Waals surface area contributed by atoms with Gasteiger partial charge in [-0.15, -0.1) is 0 Å². The summed E-state index contributed by atoms with van der Waals surface area (Å²) in [5.74, 6) is 0. The first-order valence-electron chi connectivity index (χ1n) is 5.07. The fraction of sp³-hybridized carbons (Fsp3) is 0.900. The molecule has 1 saturated heterocycles. The lowest BCUT2D eigenvalue weighted by Gasteiger charge is -2.21. The van der Waals surface area contributed by atoms with E-state index in [0.29, 0.717) is 6.04 Å². The molecule has 0 bridgehead atoms. The molecule has 0 saturated carbocycles. The molecule has 1 aliphatic rings. The molecule has 0 aromatic carbocycles. The fourth-order valence-corrected chi connectivity index (χ4v) is 1.60. The molecule has 3 nitrogen and oxygen atoms in total. The molecule has 3 heteroatoms. The van der Waals surface area contributed by atoms with Crippen molar-refractivity contribution in [2.45, 2.75) is 39.2 Å². The quantitative estimate of drug-likeness (QED) is 0.623. The van der Waals surface area contributed by atoms with Crippen LogP contribution in [-0.4, -0.2) is 37.0 Å². The summed E-state index contributed by atoms with van der Waals surface area (Å²) in [6, 6.07) is 0.506. The summed E-state index contributed by atoms with van der Waals surface area (Å²) in [7, 11) is 1.76. The summed E-state index contributed by atoms with van der Waals surface area (Å²) in [6.07, 6.45) is 3.50. The maximum absolute atomic E-state index is 5.16. The molecule has 0 aromatic heterocycles. The van der Waals surface area contributed by atoms with E-state index in [-0.39, 0.29) is 0 Å². The standard InChI is InChI=1S/C10H20N2O/c1-4-9(2)11-12-7-5-6-10(12)8-13-3/h10H,4-8H2,1-3H3/t10-/m0/s1. The maximum Gasteiger partial charge on any atom is 0.0704 e. The van der Waals surface area contributed by atoms with Gasteiger partial charge in [-0.25, -0.2) is 0 Å². The number of hydrogen-bond donors (Lipinski definition) is 0. The van der Waals surface area contributed by atoms with Gasteiger partial charge in [-0.05, 0) is 26.2 Å². The third-order valence-electron chi connectivity index (χ3n) is 2.52. The molecule has 1 rings (SSSR count). The molecule has 0 spiro atoms. The molecule has 0 N–H and O–H groups in total. The molecule has 0 aromatic rings. The third-order valence-corrected chi connectivity index (χ3v) is 2.52. The van der Waals surface area contributed by atoms with Crippen LogP contribution in [0.1, 0.15) is 33.1 Å². The van der Waals surface area contributed by atoms with E-state index in [1.54, 1.807) is 7.11 Å². The van der Waals surface area contributed by atoms with Crippen LogP contribution < -0.4 is 0 Å². The van der Waals surface area contributed by atoms with Crippen molar-refractivity contribution in [3.63, 3.8) is 0 Å². The van der Waals surface area contributed by atoms with E-state index in [9.17, 15) is 0 Å². The lowest BCUT2D eigenvalue weighted by molar-refractivity contribution is 0.118. The Labute approximate surface area is 80.8 Å². The molecular formula is C10H20N2O. The van der Waals surface area contributed by atoms with Gasteiger partial charge in [0.05, 0.1) is 12.6 Å². The molecule has 1 aliphatic heterocycles. The Bertz CT molecular complexity index is 180. The largest absolute Gasteiger partial charge is 0.382 e. The molecule has 13 heavy (non-hydrogen) atoms. The van der Waals surface area contributed by atoms with Crippen molar-refractivity contribution in [1.29, 1.82) is 0 Å². The minimum absolute atomic E-state index is 0.506. The Balaban J connectivity index is 2.48.